The average Bonchev–Trinajstić information content (AvgIpc) is 2.93. The lowest BCUT2D eigenvalue weighted by atomic mass is 9.95. The first-order chi connectivity index (χ1) is 10.9. The maximum atomic E-state index is 12.9. The summed E-state index contributed by atoms with van der Waals surface area (Å²) in [6, 6.07) is 4.61. The highest BCUT2D eigenvalue weighted by Crippen LogP contribution is 2.42. The number of anilines is 1. The lowest BCUT2D eigenvalue weighted by Gasteiger charge is -2.26. The third-order valence-corrected chi connectivity index (χ3v) is 5.26. The first-order valence-corrected chi connectivity index (χ1v) is 7.81. The number of rotatable bonds is 2. The van der Waals surface area contributed by atoms with Gasteiger partial charge >= 0.3 is 6.03 Å². The second-order valence-electron chi connectivity index (χ2n) is 5.92. The number of nitrogens with zero attached hydrogens (tertiary/aromatic N) is 3. The van der Waals surface area contributed by atoms with Gasteiger partial charge in [0.05, 0.1) is 22.4 Å². The average molecular weight is 334 g/mol. The van der Waals surface area contributed by atoms with Crippen LogP contribution in [-0.2, 0) is 11.2 Å². The third kappa shape index (κ3) is 1.90. The van der Waals surface area contributed by atoms with Crippen molar-refractivity contribution in [1.29, 1.82) is 5.26 Å². The lowest BCUT2D eigenvalue weighted by Crippen LogP contribution is -2.49. The van der Waals surface area contributed by atoms with Gasteiger partial charge in [0.25, 0.3) is 5.91 Å². The number of benzene rings is 1. The van der Waals surface area contributed by atoms with Crippen molar-refractivity contribution in [3.63, 3.8) is 0 Å². The largest absolute Gasteiger partial charge is 0.390 e. The molecule has 2 atom stereocenters. The summed E-state index contributed by atoms with van der Waals surface area (Å²) in [7, 11) is 0. The third-order valence-electron chi connectivity index (χ3n) is 4.83. The quantitative estimate of drug-likeness (QED) is 0.840. The molecule has 1 aromatic carbocycles. The summed E-state index contributed by atoms with van der Waals surface area (Å²) in [5.41, 5.74) is 0.0294. The van der Waals surface area contributed by atoms with E-state index < -0.39 is 23.6 Å². The number of carbonyl (C=O) groups excluding carboxylic acids is 2. The molecule has 2 heterocycles. The Morgan fingerprint density at radius 3 is 2.74 bits per heavy atom. The predicted molar refractivity (Wildman–Crippen MR) is 84.2 cm³/mol. The summed E-state index contributed by atoms with van der Waals surface area (Å²) in [4.78, 5) is 28.0. The molecule has 1 aromatic rings. The molecule has 0 spiro atoms. The van der Waals surface area contributed by atoms with E-state index in [4.69, 9.17) is 16.9 Å². The summed E-state index contributed by atoms with van der Waals surface area (Å²) >= 11 is 6.24. The number of halogens is 1. The smallest absolute Gasteiger partial charge is 0.332 e. The number of nitriles is 1. The van der Waals surface area contributed by atoms with Crippen LogP contribution in [0.3, 0.4) is 0 Å². The minimum absolute atomic E-state index is 0.255. The number of aliphatic hydroxyl groups is 1. The van der Waals surface area contributed by atoms with Gasteiger partial charge in [-0.15, -0.1) is 0 Å². The number of imide groups is 1. The normalized spacial score (nSPS) is 26.7. The molecule has 0 radical (unpaired) electrons. The van der Waals surface area contributed by atoms with Gasteiger partial charge in [-0.05, 0) is 37.5 Å². The van der Waals surface area contributed by atoms with Crippen LogP contribution >= 0.6 is 11.6 Å². The molecule has 1 N–H and O–H groups in total. The first kappa shape index (κ1) is 15.8. The molecule has 6 nitrogen and oxygen atoms in total. The van der Waals surface area contributed by atoms with Crippen molar-refractivity contribution in [1.82, 2.24) is 4.90 Å². The zero-order chi connectivity index (χ0) is 16.9. The molecule has 120 valence electrons. The standard InChI is InChI=1S/C16H16ClN3O3/c1-3-10-11(5-4-9(8-18)13(10)17)20-14(22)16(2)12(21)6-7-19(16)15(20)23/h4-5,12,21H,3,6-7H2,1-2H3/t12?,16-/m0/s1. The van der Waals surface area contributed by atoms with E-state index in [0.717, 1.165) is 4.90 Å². The van der Waals surface area contributed by atoms with Crippen molar-refractivity contribution in [2.75, 3.05) is 11.4 Å². The van der Waals surface area contributed by atoms with E-state index in [1.807, 2.05) is 13.0 Å². The van der Waals surface area contributed by atoms with Gasteiger partial charge in [-0.3, -0.25) is 4.79 Å². The molecule has 2 saturated heterocycles. The number of hydrogen-bond acceptors (Lipinski definition) is 4. The number of aliphatic hydroxyl groups excluding tert-OH is 1. The topological polar surface area (TPSA) is 84.6 Å². The monoisotopic (exact) mass is 333 g/mol. The van der Waals surface area contributed by atoms with Crippen LogP contribution in [0.1, 0.15) is 31.4 Å². The van der Waals surface area contributed by atoms with E-state index in [9.17, 15) is 14.7 Å². The maximum absolute atomic E-state index is 12.9. The van der Waals surface area contributed by atoms with Crippen molar-refractivity contribution in [3.8, 4) is 6.07 Å². The fourth-order valence-electron chi connectivity index (χ4n) is 3.39. The van der Waals surface area contributed by atoms with Crippen LogP contribution in [-0.4, -0.2) is 40.1 Å². The molecule has 2 fully saturated rings. The Kier molecular flexibility index (Phi) is 3.58. The highest BCUT2D eigenvalue weighted by molar-refractivity contribution is 6.33. The maximum Gasteiger partial charge on any atom is 0.332 e. The second kappa shape index (κ2) is 5.22. The van der Waals surface area contributed by atoms with Gasteiger partial charge in [-0.1, -0.05) is 18.5 Å². The minimum atomic E-state index is -1.23. The molecule has 2 aliphatic rings. The van der Waals surface area contributed by atoms with Crippen LogP contribution in [0.15, 0.2) is 12.1 Å². The molecule has 0 bridgehead atoms. The minimum Gasteiger partial charge on any atom is -0.390 e. The molecule has 0 saturated carbocycles. The van der Waals surface area contributed by atoms with Gasteiger partial charge in [0.1, 0.15) is 11.6 Å². The van der Waals surface area contributed by atoms with Crippen molar-refractivity contribution < 1.29 is 14.7 Å². The van der Waals surface area contributed by atoms with Crippen molar-refractivity contribution in [2.45, 2.75) is 38.3 Å². The predicted octanol–water partition coefficient (Wildman–Crippen LogP) is 2.07. The summed E-state index contributed by atoms with van der Waals surface area (Å²) < 4.78 is 0. The molecule has 0 aromatic heterocycles. The van der Waals surface area contributed by atoms with Crippen LogP contribution < -0.4 is 4.90 Å². The zero-order valence-corrected chi connectivity index (χ0v) is 13.6. The Balaban J connectivity index is 2.14. The van der Waals surface area contributed by atoms with E-state index >= 15 is 0 Å². The molecule has 2 aliphatic heterocycles. The van der Waals surface area contributed by atoms with E-state index in [1.165, 1.54) is 11.0 Å². The van der Waals surface area contributed by atoms with Crippen molar-refractivity contribution in [3.05, 3.63) is 28.3 Å². The molecule has 3 amide bonds. The zero-order valence-electron chi connectivity index (χ0n) is 12.8. The van der Waals surface area contributed by atoms with Gasteiger partial charge in [-0.2, -0.15) is 5.26 Å². The number of carbonyl (C=O) groups is 2. The highest BCUT2D eigenvalue weighted by atomic mass is 35.5. The van der Waals surface area contributed by atoms with Gasteiger partial charge in [-0.25, -0.2) is 9.69 Å². The first-order valence-electron chi connectivity index (χ1n) is 7.43. The lowest BCUT2D eigenvalue weighted by molar-refractivity contribution is -0.126. The van der Waals surface area contributed by atoms with Crippen molar-refractivity contribution >= 4 is 29.2 Å². The molecule has 3 rings (SSSR count). The molecule has 1 unspecified atom stereocenters. The summed E-state index contributed by atoms with van der Waals surface area (Å²) in [5.74, 6) is -0.456. The number of amides is 3. The molecule has 0 aliphatic carbocycles. The van der Waals surface area contributed by atoms with Gasteiger partial charge in [0, 0.05) is 6.54 Å². The SMILES string of the molecule is CCc1c(N2C(=O)N3CCC(O)[C@@]3(C)C2=O)ccc(C#N)c1Cl. The van der Waals surface area contributed by atoms with Crippen LogP contribution in [0.2, 0.25) is 5.02 Å². The Hall–Kier alpha value is -2.10. The number of urea groups is 1. The Bertz CT molecular complexity index is 758. The van der Waals surface area contributed by atoms with Crippen LogP contribution in [0, 0.1) is 11.3 Å². The number of fused-ring (bicyclic) bond motifs is 1. The summed E-state index contributed by atoms with van der Waals surface area (Å²) in [6.45, 7) is 3.76. The Morgan fingerprint density at radius 1 is 1.48 bits per heavy atom. The highest BCUT2D eigenvalue weighted by Gasteiger charge is 2.61. The van der Waals surface area contributed by atoms with Crippen molar-refractivity contribution in [2.24, 2.45) is 0 Å². The molecular weight excluding hydrogens is 318 g/mol. The fraction of sp³-hybridized carbons (Fsp3) is 0.438. The van der Waals surface area contributed by atoms with Crippen LogP contribution in [0.4, 0.5) is 10.5 Å². The van der Waals surface area contributed by atoms with E-state index in [2.05, 4.69) is 0 Å². The molecule has 23 heavy (non-hydrogen) atoms. The van der Waals surface area contributed by atoms with E-state index in [1.54, 1.807) is 13.0 Å². The summed E-state index contributed by atoms with van der Waals surface area (Å²) in [5, 5.41) is 19.5. The van der Waals surface area contributed by atoms with E-state index in [-0.39, 0.29) is 5.02 Å². The second-order valence-corrected chi connectivity index (χ2v) is 6.29. The number of hydrogen-bond donors (Lipinski definition) is 1. The van der Waals surface area contributed by atoms with Gasteiger partial charge < -0.3 is 10.0 Å². The summed E-state index contributed by atoms with van der Waals surface area (Å²) in [6.07, 6.45) is -0.0285. The molecular formula is C16H16ClN3O3. The van der Waals surface area contributed by atoms with Gasteiger partial charge in [0.2, 0.25) is 0 Å². The van der Waals surface area contributed by atoms with Crippen LogP contribution in [0.25, 0.3) is 0 Å². The molecule has 7 heteroatoms. The van der Waals surface area contributed by atoms with Gasteiger partial charge in [0.15, 0.2) is 0 Å². The Morgan fingerprint density at radius 2 is 2.17 bits per heavy atom. The fourth-order valence-corrected chi connectivity index (χ4v) is 3.72. The Labute approximate surface area is 138 Å². The van der Waals surface area contributed by atoms with E-state index in [0.29, 0.717) is 36.2 Å². The van der Waals surface area contributed by atoms with Crippen LogP contribution in [0.5, 0.6) is 0 Å².